The van der Waals surface area contributed by atoms with Gasteiger partial charge in [0.2, 0.25) is 5.28 Å². The highest BCUT2D eigenvalue weighted by molar-refractivity contribution is 6.28. The molecule has 1 aromatic carbocycles. The van der Waals surface area contributed by atoms with E-state index >= 15 is 0 Å². The fourth-order valence-electron chi connectivity index (χ4n) is 1.51. The third kappa shape index (κ3) is 1.88. The van der Waals surface area contributed by atoms with Crippen LogP contribution in [0.25, 0.3) is 5.69 Å². The first-order valence-corrected chi connectivity index (χ1v) is 5.27. The largest absolute Gasteiger partial charge is 0.270 e. The molecule has 1 aromatic heterocycles. The van der Waals surface area contributed by atoms with Crippen LogP contribution in [0.2, 0.25) is 5.28 Å². The Morgan fingerprint density at radius 3 is 2.33 bits per heavy atom. The van der Waals surface area contributed by atoms with Crippen molar-refractivity contribution in [3.63, 3.8) is 0 Å². The first kappa shape index (κ1) is 10.2. The zero-order valence-corrected chi connectivity index (χ0v) is 9.49. The average molecular weight is 222 g/mol. The molecule has 0 bridgehead atoms. The van der Waals surface area contributed by atoms with Crippen LogP contribution < -0.4 is 0 Å². The summed E-state index contributed by atoms with van der Waals surface area (Å²) < 4.78 is 1.82. The van der Waals surface area contributed by atoms with Gasteiger partial charge in [-0.3, -0.25) is 4.57 Å². The minimum atomic E-state index is 0.400. The van der Waals surface area contributed by atoms with Crippen molar-refractivity contribution in [2.75, 3.05) is 0 Å². The van der Waals surface area contributed by atoms with E-state index in [1.807, 2.05) is 23.6 Å². The monoisotopic (exact) mass is 221 g/mol. The molecule has 0 radical (unpaired) electrons. The second-order valence-electron chi connectivity index (χ2n) is 3.37. The van der Waals surface area contributed by atoms with E-state index in [1.54, 1.807) is 0 Å². The highest BCUT2D eigenvalue weighted by Gasteiger charge is 2.07. The number of aryl methyl sites for hydroxylation is 2. The summed E-state index contributed by atoms with van der Waals surface area (Å²) >= 11 is 5.94. The van der Waals surface area contributed by atoms with Crippen molar-refractivity contribution in [1.29, 1.82) is 0 Å². The smallest absolute Gasteiger partial charge is 0.229 e. The number of rotatable bonds is 2. The Kier molecular flexibility index (Phi) is 2.73. The van der Waals surface area contributed by atoms with Crippen molar-refractivity contribution in [2.24, 2.45) is 0 Å². The van der Waals surface area contributed by atoms with Crippen LogP contribution in [0.3, 0.4) is 0 Å². The number of hydrogen-bond acceptors (Lipinski definition) is 2. The van der Waals surface area contributed by atoms with Crippen molar-refractivity contribution in [2.45, 2.75) is 20.3 Å². The van der Waals surface area contributed by atoms with Crippen LogP contribution in [-0.4, -0.2) is 14.8 Å². The van der Waals surface area contributed by atoms with E-state index < -0.39 is 0 Å². The Bertz CT molecular complexity index is 440. The van der Waals surface area contributed by atoms with Crippen molar-refractivity contribution in [3.05, 3.63) is 40.9 Å². The summed E-state index contributed by atoms with van der Waals surface area (Å²) in [6, 6.07) is 8.23. The number of halogens is 1. The molecule has 2 rings (SSSR count). The predicted molar refractivity (Wildman–Crippen MR) is 60.5 cm³/mol. The molecule has 0 amide bonds. The van der Waals surface area contributed by atoms with Gasteiger partial charge < -0.3 is 0 Å². The fourth-order valence-corrected chi connectivity index (χ4v) is 1.77. The van der Waals surface area contributed by atoms with Gasteiger partial charge in [0.05, 0.1) is 0 Å². The summed E-state index contributed by atoms with van der Waals surface area (Å²) in [6.07, 6.45) is 1.04. The Hall–Kier alpha value is -1.35. The van der Waals surface area contributed by atoms with Gasteiger partial charge in [0.25, 0.3) is 0 Å². The van der Waals surface area contributed by atoms with Crippen LogP contribution in [0.15, 0.2) is 24.3 Å². The molecule has 0 saturated heterocycles. The van der Waals surface area contributed by atoms with Gasteiger partial charge in [-0.2, -0.15) is 0 Å². The molecule has 0 atom stereocenters. The zero-order valence-electron chi connectivity index (χ0n) is 8.74. The molecule has 0 aliphatic rings. The SMILES string of the molecule is CCc1ccc(-n2c(C)nnc2Cl)cc1. The van der Waals surface area contributed by atoms with Gasteiger partial charge in [0.15, 0.2) is 0 Å². The topological polar surface area (TPSA) is 30.7 Å². The van der Waals surface area contributed by atoms with Crippen LogP contribution in [0.1, 0.15) is 18.3 Å². The summed E-state index contributed by atoms with van der Waals surface area (Å²) in [5, 5.41) is 8.13. The quantitative estimate of drug-likeness (QED) is 0.781. The van der Waals surface area contributed by atoms with E-state index in [0.29, 0.717) is 5.28 Å². The molecule has 1 heterocycles. The lowest BCUT2D eigenvalue weighted by atomic mass is 10.1. The summed E-state index contributed by atoms with van der Waals surface area (Å²) in [4.78, 5) is 0. The predicted octanol–water partition coefficient (Wildman–Crippen LogP) is 2.79. The van der Waals surface area contributed by atoms with Crippen molar-refractivity contribution >= 4 is 11.6 Å². The van der Waals surface area contributed by atoms with Crippen LogP contribution in [-0.2, 0) is 6.42 Å². The Balaban J connectivity index is 2.45. The summed E-state index contributed by atoms with van der Waals surface area (Å²) in [6.45, 7) is 4.01. The van der Waals surface area contributed by atoms with Gasteiger partial charge in [-0.25, -0.2) is 0 Å². The van der Waals surface area contributed by atoms with E-state index in [-0.39, 0.29) is 0 Å². The van der Waals surface area contributed by atoms with Gasteiger partial charge in [0.1, 0.15) is 5.82 Å². The number of hydrogen-bond donors (Lipinski definition) is 0. The molecule has 4 heteroatoms. The minimum Gasteiger partial charge on any atom is -0.270 e. The third-order valence-electron chi connectivity index (χ3n) is 2.39. The second-order valence-corrected chi connectivity index (χ2v) is 3.71. The normalized spacial score (nSPS) is 10.6. The molecule has 0 spiro atoms. The lowest BCUT2D eigenvalue weighted by molar-refractivity contribution is 0.967. The molecule has 0 fully saturated rings. The van der Waals surface area contributed by atoms with E-state index in [0.717, 1.165) is 17.9 Å². The lowest BCUT2D eigenvalue weighted by Crippen LogP contribution is -1.97. The van der Waals surface area contributed by atoms with Gasteiger partial charge in [-0.05, 0) is 42.6 Å². The van der Waals surface area contributed by atoms with Gasteiger partial charge in [0, 0.05) is 5.69 Å². The maximum atomic E-state index is 5.94. The Morgan fingerprint density at radius 1 is 1.20 bits per heavy atom. The molecule has 0 N–H and O–H groups in total. The average Bonchev–Trinajstić information content (AvgIpc) is 2.59. The summed E-state index contributed by atoms with van der Waals surface area (Å²) in [5.74, 6) is 0.796. The van der Waals surface area contributed by atoms with Crippen LogP contribution in [0, 0.1) is 6.92 Å². The Morgan fingerprint density at radius 2 is 1.87 bits per heavy atom. The molecule has 2 aromatic rings. The highest BCUT2D eigenvalue weighted by Crippen LogP contribution is 2.17. The Labute approximate surface area is 93.7 Å². The molecule has 0 saturated carbocycles. The zero-order chi connectivity index (χ0) is 10.8. The molecule has 0 aliphatic heterocycles. The van der Waals surface area contributed by atoms with Crippen LogP contribution >= 0.6 is 11.6 Å². The molecular formula is C11H12ClN3. The fraction of sp³-hybridized carbons (Fsp3) is 0.273. The van der Waals surface area contributed by atoms with Gasteiger partial charge in [-0.1, -0.05) is 19.1 Å². The molecule has 0 aliphatic carbocycles. The minimum absolute atomic E-state index is 0.400. The first-order chi connectivity index (χ1) is 7.22. The van der Waals surface area contributed by atoms with Gasteiger partial charge >= 0.3 is 0 Å². The van der Waals surface area contributed by atoms with Crippen LogP contribution in [0.4, 0.5) is 0 Å². The summed E-state index contributed by atoms with van der Waals surface area (Å²) in [7, 11) is 0. The number of nitrogens with zero attached hydrogens (tertiary/aromatic N) is 3. The van der Waals surface area contributed by atoms with E-state index in [4.69, 9.17) is 11.6 Å². The summed E-state index contributed by atoms with van der Waals surface area (Å²) in [5.41, 5.74) is 2.31. The number of benzene rings is 1. The molecule has 15 heavy (non-hydrogen) atoms. The third-order valence-corrected chi connectivity index (χ3v) is 2.63. The first-order valence-electron chi connectivity index (χ1n) is 4.89. The second kappa shape index (κ2) is 4.03. The molecule has 3 nitrogen and oxygen atoms in total. The molecule has 78 valence electrons. The molecule has 0 unspecified atom stereocenters. The van der Waals surface area contributed by atoms with E-state index in [2.05, 4.69) is 29.3 Å². The van der Waals surface area contributed by atoms with Crippen molar-refractivity contribution in [1.82, 2.24) is 14.8 Å². The van der Waals surface area contributed by atoms with E-state index in [9.17, 15) is 0 Å². The maximum absolute atomic E-state index is 5.94. The van der Waals surface area contributed by atoms with Crippen LogP contribution in [0.5, 0.6) is 0 Å². The van der Waals surface area contributed by atoms with E-state index in [1.165, 1.54) is 5.56 Å². The molecular weight excluding hydrogens is 210 g/mol. The number of aromatic nitrogens is 3. The maximum Gasteiger partial charge on any atom is 0.229 e. The standard InChI is InChI=1S/C11H12ClN3/c1-3-9-4-6-10(7-5-9)15-8(2)13-14-11(15)12/h4-7H,3H2,1-2H3. The highest BCUT2D eigenvalue weighted by atomic mass is 35.5. The van der Waals surface area contributed by atoms with Gasteiger partial charge in [-0.15, -0.1) is 10.2 Å². The van der Waals surface area contributed by atoms with Crippen molar-refractivity contribution in [3.8, 4) is 5.69 Å². The van der Waals surface area contributed by atoms with Crippen molar-refractivity contribution < 1.29 is 0 Å². The lowest BCUT2D eigenvalue weighted by Gasteiger charge is -2.05.